The molecule has 0 heterocycles. The van der Waals surface area contributed by atoms with Crippen molar-refractivity contribution in [1.29, 1.82) is 0 Å². The monoisotopic (exact) mass is 373 g/mol. The molecule has 0 aliphatic rings. The summed E-state index contributed by atoms with van der Waals surface area (Å²) < 4.78 is 0. The van der Waals surface area contributed by atoms with E-state index < -0.39 is 42.2 Å². The van der Waals surface area contributed by atoms with Crippen LogP contribution in [0.4, 0.5) is 0 Å². The van der Waals surface area contributed by atoms with Crippen LogP contribution in [0, 0.1) is 0 Å². The second-order valence-corrected chi connectivity index (χ2v) is 6.49. The number of Topliss-reactive ketones (excluding diaryl/α,β-unsaturated/α-hetero) is 1. The molecule has 0 aromatic carbocycles. The van der Waals surface area contributed by atoms with Gasteiger partial charge in [-0.05, 0) is 6.42 Å². The number of hydrogen-bond donors (Lipinski definition) is 4. The summed E-state index contributed by atoms with van der Waals surface area (Å²) in [4.78, 5) is 46.2. The van der Waals surface area contributed by atoms with E-state index in [0.717, 1.165) is 25.7 Å². The summed E-state index contributed by atoms with van der Waals surface area (Å²) in [6, 6.07) is 0. The summed E-state index contributed by atoms with van der Waals surface area (Å²) in [5.74, 6) is -5.22. The largest absolute Gasteiger partial charge is 0.481 e. The predicted octanol–water partition coefficient (Wildman–Crippen LogP) is 1.88. The summed E-state index contributed by atoms with van der Waals surface area (Å²) >= 11 is 0. The average molecular weight is 373 g/mol. The maximum Gasteiger partial charge on any atom is 0.337 e. The Hall–Kier alpha value is -1.96. The third-order valence-electron chi connectivity index (χ3n) is 4.26. The Morgan fingerprint density at radius 3 is 1.77 bits per heavy atom. The van der Waals surface area contributed by atoms with Gasteiger partial charge in [-0.1, -0.05) is 58.3 Å². The van der Waals surface area contributed by atoms with Gasteiger partial charge in [0.1, 0.15) is 6.61 Å². The van der Waals surface area contributed by atoms with Gasteiger partial charge in [0.25, 0.3) is 0 Å². The van der Waals surface area contributed by atoms with Gasteiger partial charge in [0.05, 0.1) is 6.42 Å². The van der Waals surface area contributed by atoms with Crippen molar-refractivity contribution in [3.8, 4) is 0 Å². The maximum absolute atomic E-state index is 12.4. The minimum atomic E-state index is -2.54. The van der Waals surface area contributed by atoms with Crippen LogP contribution < -0.4 is 5.32 Å². The Labute approximate surface area is 154 Å². The van der Waals surface area contributed by atoms with Crippen LogP contribution in [0.3, 0.4) is 0 Å². The molecule has 0 bridgehead atoms. The highest BCUT2D eigenvalue weighted by Crippen LogP contribution is 2.18. The lowest BCUT2D eigenvalue weighted by Gasteiger charge is -2.27. The molecule has 0 fully saturated rings. The lowest BCUT2D eigenvalue weighted by molar-refractivity contribution is -0.158. The van der Waals surface area contributed by atoms with Gasteiger partial charge < -0.3 is 20.6 Å². The van der Waals surface area contributed by atoms with E-state index in [1.807, 2.05) is 5.32 Å². The Kier molecular flexibility index (Phi) is 12.3. The molecule has 0 radical (unpaired) electrons. The van der Waals surface area contributed by atoms with Crippen molar-refractivity contribution in [2.75, 3.05) is 6.61 Å². The molecule has 0 rings (SSSR count). The molecule has 0 saturated carbocycles. The van der Waals surface area contributed by atoms with Crippen LogP contribution in [0.2, 0.25) is 0 Å². The van der Waals surface area contributed by atoms with Crippen molar-refractivity contribution < 1.29 is 34.5 Å². The molecular weight excluding hydrogens is 342 g/mol. The van der Waals surface area contributed by atoms with E-state index >= 15 is 0 Å². The van der Waals surface area contributed by atoms with Crippen LogP contribution in [0.1, 0.15) is 77.6 Å². The van der Waals surface area contributed by atoms with Gasteiger partial charge in [-0.2, -0.15) is 0 Å². The number of hydrogen-bond acceptors (Lipinski definition) is 5. The van der Waals surface area contributed by atoms with Gasteiger partial charge >= 0.3 is 11.9 Å². The number of amides is 1. The topological polar surface area (TPSA) is 141 Å². The van der Waals surface area contributed by atoms with Crippen molar-refractivity contribution in [1.82, 2.24) is 5.32 Å². The van der Waals surface area contributed by atoms with Gasteiger partial charge in [-0.25, -0.2) is 4.79 Å². The number of aliphatic hydroxyl groups excluding tert-OH is 1. The second-order valence-electron chi connectivity index (χ2n) is 6.49. The van der Waals surface area contributed by atoms with E-state index in [4.69, 9.17) is 10.2 Å². The number of carbonyl (C=O) groups is 4. The van der Waals surface area contributed by atoms with Crippen molar-refractivity contribution in [3.05, 3.63) is 0 Å². The molecular formula is C18H31NO7. The smallest absolute Gasteiger partial charge is 0.337 e. The van der Waals surface area contributed by atoms with Crippen LogP contribution in [0.5, 0.6) is 0 Å². The quantitative estimate of drug-likeness (QED) is 0.239. The lowest BCUT2D eigenvalue weighted by Crippen LogP contribution is -2.61. The molecule has 0 saturated heterocycles. The minimum Gasteiger partial charge on any atom is -0.481 e. The summed E-state index contributed by atoms with van der Waals surface area (Å²) in [6.45, 7) is 1.13. The number of carboxylic acids is 2. The Morgan fingerprint density at radius 2 is 1.35 bits per heavy atom. The number of nitrogens with one attached hydrogen (secondary N) is 1. The van der Waals surface area contributed by atoms with Crippen LogP contribution in [0.15, 0.2) is 0 Å². The zero-order valence-corrected chi connectivity index (χ0v) is 15.5. The first kappa shape index (κ1) is 24.0. The van der Waals surface area contributed by atoms with Gasteiger partial charge in [-0.3, -0.25) is 14.4 Å². The lowest BCUT2D eigenvalue weighted by atomic mass is 9.86. The number of unbranched alkanes of at least 4 members (excludes halogenated alkanes) is 8. The summed E-state index contributed by atoms with van der Waals surface area (Å²) in [5.41, 5.74) is -2.54. The second kappa shape index (κ2) is 13.3. The number of aliphatic hydroxyl groups is 1. The van der Waals surface area contributed by atoms with E-state index in [1.165, 1.54) is 25.7 Å². The first-order chi connectivity index (χ1) is 12.3. The van der Waals surface area contributed by atoms with Crippen molar-refractivity contribution >= 4 is 23.6 Å². The van der Waals surface area contributed by atoms with Crippen LogP contribution >= 0.6 is 0 Å². The number of aliphatic carboxylic acids is 2. The van der Waals surface area contributed by atoms with E-state index in [1.54, 1.807) is 0 Å². The minimum absolute atomic E-state index is 0.138. The standard InChI is InChI=1S/C18H31NO7/c1-2-3-4-5-6-7-8-9-10-11-14(21)18(17(25)26,12-16(23)24)19-15(22)13-20/h20H,2-13H2,1H3,(H,19,22)(H,23,24)(H,25,26). The molecule has 0 aromatic heterocycles. The number of carboxylic acid groups (broad SMARTS) is 2. The maximum atomic E-state index is 12.4. The molecule has 1 amide bonds. The molecule has 26 heavy (non-hydrogen) atoms. The predicted molar refractivity (Wildman–Crippen MR) is 94.7 cm³/mol. The molecule has 0 spiro atoms. The van der Waals surface area contributed by atoms with Gasteiger partial charge in [0.2, 0.25) is 11.4 Å². The van der Waals surface area contributed by atoms with Crippen LogP contribution in [-0.2, 0) is 19.2 Å². The number of carbonyl (C=O) groups excluding carboxylic acids is 2. The highest BCUT2D eigenvalue weighted by atomic mass is 16.4. The van der Waals surface area contributed by atoms with Crippen molar-refractivity contribution in [2.24, 2.45) is 0 Å². The Morgan fingerprint density at radius 1 is 0.846 bits per heavy atom. The van der Waals surface area contributed by atoms with E-state index in [9.17, 15) is 24.3 Å². The number of rotatable bonds is 16. The molecule has 4 N–H and O–H groups in total. The van der Waals surface area contributed by atoms with E-state index in [-0.39, 0.29) is 6.42 Å². The highest BCUT2D eigenvalue weighted by Gasteiger charge is 2.48. The van der Waals surface area contributed by atoms with E-state index in [2.05, 4.69) is 6.92 Å². The van der Waals surface area contributed by atoms with Gasteiger partial charge in [0, 0.05) is 6.42 Å². The zero-order chi connectivity index (χ0) is 20.0. The molecule has 1 atom stereocenters. The van der Waals surface area contributed by atoms with Gasteiger partial charge in [-0.15, -0.1) is 0 Å². The molecule has 0 aliphatic carbocycles. The van der Waals surface area contributed by atoms with Gasteiger partial charge in [0.15, 0.2) is 5.78 Å². The third kappa shape index (κ3) is 8.94. The first-order valence-corrected chi connectivity index (χ1v) is 9.20. The zero-order valence-electron chi connectivity index (χ0n) is 15.5. The fourth-order valence-electron chi connectivity index (χ4n) is 2.77. The highest BCUT2D eigenvalue weighted by molar-refractivity contribution is 6.12. The first-order valence-electron chi connectivity index (χ1n) is 9.20. The summed E-state index contributed by atoms with van der Waals surface area (Å²) in [7, 11) is 0. The molecule has 8 heteroatoms. The molecule has 1 unspecified atom stereocenters. The fraction of sp³-hybridized carbons (Fsp3) is 0.778. The summed E-state index contributed by atoms with van der Waals surface area (Å²) in [5, 5.41) is 28.9. The Balaban J connectivity index is 4.52. The molecule has 8 nitrogen and oxygen atoms in total. The normalized spacial score (nSPS) is 13.0. The fourth-order valence-corrected chi connectivity index (χ4v) is 2.77. The molecule has 0 aliphatic heterocycles. The third-order valence-corrected chi connectivity index (χ3v) is 4.26. The van der Waals surface area contributed by atoms with Crippen molar-refractivity contribution in [2.45, 2.75) is 83.1 Å². The van der Waals surface area contributed by atoms with Crippen molar-refractivity contribution in [3.63, 3.8) is 0 Å². The summed E-state index contributed by atoms with van der Waals surface area (Å²) in [6.07, 6.45) is 7.86. The average Bonchev–Trinajstić information content (AvgIpc) is 2.58. The number of ketones is 1. The Bertz CT molecular complexity index is 478. The van der Waals surface area contributed by atoms with Crippen LogP contribution in [0.25, 0.3) is 0 Å². The van der Waals surface area contributed by atoms with Crippen LogP contribution in [-0.4, -0.2) is 51.1 Å². The molecule has 150 valence electrons. The molecule has 0 aromatic rings. The van der Waals surface area contributed by atoms with E-state index in [0.29, 0.717) is 6.42 Å². The SMILES string of the molecule is CCCCCCCCCCCC(=O)C(CC(=O)O)(NC(=O)CO)C(=O)O.